The van der Waals surface area contributed by atoms with Crippen LogP contribution in [0.1, 0.15) is 63.4 Å². The van der Waals surface area contributed by atoms with Crippen LogP contribution in [-0.4, -0.2) is 54.2 Å². The molecule has 8 heteroatoms. The summed E-state index contributed by atoms with van der Waals surface area (Å²) in [6.45, 7) is 10.1. The summed E-state index contributed by atoms with van der Waals surface area (Å²) in [6, 6.07) is 5.10. The molecule has 0 fully saturated rings. The number of carboxylic acids is 1. The highest BCUT2D eigenvalue weighted by atomic mass is 16.4. The summed E-state index contributed by atoms with van der Waals surface area (Å²) in [4.78, 5) is 45.6. The van der Waals surface area contributed by atoms with Gasteiger partial charge in [-0.25, -0.2) is 0 Å². The molecule has 1 aromatic rings. The van der Waals surface area contributed by atoms with Crippen LogP contribution < -0.4 is 10.6 Å². The first-order valence-corrected chi connectivity index (χ1v) is 9.85. The molecule has 8 nitrogen and oxygen atoms in total. The summed E-state index contributed by atoms with van der Waals surface area (Å²) in [5.74, 6) is -1.34. The molecule has 0 aliphatic heterocycles. The van der Waals surface area contributed by atoms with Crippen molar-refractivity contribution >= 4 is 30.3 Å². The summed E-state index contributed by atoms with van der Waals surface area (Å²) in [7, 11) is 1.85. The predicted molar refractivity (Wildman–Crippen MR) is 115 cm³/mol. The minimum Gasteiger partial charge on any atom is -0.480 e. The molecule has 29 heavy (non-hydrogen) atoms. The third kappa shape index (κ3) is 11.6. The van der Waals surface area contributed by atoms with Crippen LogP contribution >= 0.6 is 0 Å². The first-order chi connectivity index (χ1) is 13.9. The lowest BCUT2D eigenvalue weighted by Gasteiger charge is -2.26. The van der Waals surface area contributed by atoms with E-state index in [4.69, 9.17) is 5.11 Å². The molecule has 0 aliphatic carbocycles. The number of hydrogen-bond acceptors (Lipinski definition) is 6. The number of carbonyl (C=O) groups is 4. The minimum atomic E-state index is -0.995. The van der Waals surface area contributed by atoms with Gasteiger partial charge in [0.25, 0.3) is 0 Å². The fraction of sp³-hybridized carbons (Fsp3) is 0.524. The van der Waals surface area contributed by atoms with E-state index in [1.165, 1.54) is 0 Å². The van der Waals surface area contributed by atoms with Crippen molar-refractivity contribution in [1.82, 2.24) is 10.2 Å². The van der Waals surface area contributed by atoms with E-state index in [0.717, 1.165) is 6.29 Å². The first kappa shape index (κ1) is 28.5. The number of carbonyl (C=O) groups excluding carboxylic acids is 3. The number of benzene rings is 1. The Hall–Kier alpha value is -2.74. The maximum atomic E-state index is 11.4. The van der Waals surface area contributed by atoms with Crippen molar-refractivity contribution in [3.63, 3.8) is 0 Å². The second-order valence-electron chi connectivity index (χ2n) is 5.73. The predicted octanol–water partition coefficient (Wildman–Crippen LogP) is 2.92. The normalized spacial score (nSPS) is 10.4. The van der Waals surface area contributed by atoms with Crippen LogP contribution in [0.5, 0.6) is 0 Å². The van der Waals surface area contributed by atoms with Crippen molar-refractivity contribution in [3.8, 4) is 0 Å². The van der Waals surface area contributed by atoms with Crippen molar-refractivity contribution in [2.24, 2.45) is 0 Å². The molecule has 0 aliphatic rings. The van der Waals surface area contributed by atoms with Crippen molar-refractivity contribution in [2.45, 2.75) is 60.0 Å². The van der Waals surface area contributed by atoms with E-state index in [9.17, 15) is 19.2 Å². The van der Waals surface area contributed by atoms with Gasteiger partial charge in [0, 0.05) is 30.3 Å². The summed E-state index contributed by atoms with van der Waals surface area (Å²) >= 11 is 0. The Kier molecular flexibility index (Phi) is 17.0. The van der Waals surface area contributed by atoms with E-state index in [1.54, 1.807) is 18.2 Å². The molecule has 2 amide bonds. The number of hydrogen-bond donors (Lipinski definition) is 3. The van der Waals surface area contributed by atoms with Gasteiger partial charge in [0.15, 0.2) is 0 Å². The largest absolute Gasteiger partial charge is 0.480 e. The Bertz CT molecular complexity index is 635. The average Bonchev–Trinajstić information content (AvgIpc) is 2.74. The van der Waals surface area contributed by atoms with E-state index >= 15 is 0 Å². The molecule has 1 unspecified atom stereocenters. The van der Waals surface area contributed by atoms with Crippen molar-refractivity contribution in [3.05, 3.63) is 29.3 Å². The van der Waals surface area contributed by atoms with Gasteiger partial charge in [-0.2, -0.15) is 0 Å². The van der Waals surface area contributed by atoms with Crippen LogP contribution in [0.2, 0.25) is 0 Å². The molecule has 0 radical (unpaired) electrons. The van der Waals surface area contributed by atoms with Gasteiger partial charge < -0.3 is 10.4 Å². The van der Waals surface area contributed by atoms with Gasteiger partial charge in [0.2, 0.25) is 12.3 Å². The number of anilines is 1. The van der Waals surface area contributed by atoms with Crippen LogP contribution in [0.15, 0.2) is 18.2 Å². The second-order valence-corrected chi connectivity index (χ2v) is 5.73. The lowest BCUT2D eigenvalue weighted by atomic mass is 10.0. The third-order valence-corrected chi connectivity index (χ3v) is 3.94. The zero-order valence-electron chi connectivity index (χ0n) is 18.3. The molecular formula is C21H35N3O5. The number of amides is 2. The molecule has 0 spiro atoms. The highest BCUT2D eigenvalue weighted by Gasteiger charge is 2.16. The lowest BCUT2D eigenvalue weighted by Crippen LogP contribution is -2.31. The molecule has 0 saturated carbocycles. The lowest BCUT2D eigenvalue weighted by molar-refractivity contribution is -0.135. The Labute approximate surface area is 173 Å². The number of nitrogens with one attached hydrogen (secondary N) is 2. The number of aliphatic carboxylic acids is 1. The van der Waals surface area contributed by atoms with Gasteiger partial charge in [0.1, 0.15) is 12.8 Å². The summed E-state index contributed by atoms with van der Waals surface area (Å²) in [5, 5.41) is 13.7. The maximum absolute atomic E-state index is 11.4. The van der Waals surface area contributed by atoms with Gasteiger partial charge in [-0.15, -0.1) is 0 Å². The van der Waals surface area contributed by atoms with E-state index in [1.807, 2.05) is 46.6 Å². The number of carboxylic acid groups (broad SMARTS) is 1. The molecule has 0 bridgehead atoms. The van der Waals surface area contributed by atoms with Crippen molar-refractivity contribution < 1.29 is 24.3 Å². The van der Waals surface area contributed by atoms with Gasteiger partial charge in [0.05, 0.1) is 0 Å². The molecule has 1 rings (SSSR count). The Balaban J connectivity index is 0. The van der Waals surface area contributed by atoms with Crippen LogP contribution in [0.3, 0.4) is 0 Å². The highest BCUT2D eigenvalue weighted by molar-refractivity contribution is 5.85. The molecule has 164 valence electrons. The Morgan fingerprint density at radius 1 is 1.17 bits per heavy atom. The monoisotopic (exact) mass is 409 g/mol. The second kappa shape index (κ2) is 17.4. The Morgan fingerprint density at radius 2 is 1.79 bits per heavy atom. The SMILES string of the molecule is CC.CC.CC(CCC(=O)NC=O)N(C)Cc1c(C=O)cccc1NCC(=O)O. The number of imide groups is 1. The summed E-state index contributed by atoms with van der Waals surface area (Å²) in [6.07, 6.45) is 1.84. The van der Waals surface area contributed by atoms with E-state index in [2.05, 4.69) is 10.6 Å². The molecule has 0 heterocycles. The average molecular weight is 410 g/mol. The maximum Gasteiger partial charge on any atom is 0.322 e. The van der Waals surface area contributed by atoms with Gasteiger partial charge in [-0.3, -0.25) is 29.4 Å². The minimum absolute atomic E-state index is 0.0180. The topological polar surface area (TPSA) is 116 Å². The summed E-state index contributed by atoms with van der Waals surface area (Å²) in [5.41, 5.74) is 1.77. The number of aldehydes is 1. The zero-order chi connectivity index (χ0) is 22.8. The molecule has 1 atom stereocenters. The molecule has 0 saturated heterocycles. The van der Waals surface area contributed by atoms with Crippen LogP contribution in [0.25, 0.3) is 0 Å². The quantitative estimate of drug-likeness (QED) is 0.481. The van der Waals surface area contributed by atoms with Crippen LogP contribution in [-0.2, 0) is 20.9 Å². The fourth-order valence-corrected chi connectivity index (χ4v) is 2.33. The molecular weight excluding hydrogens is 374 g/mol. The van der Waals surface area contributed by atoms with Crippen molar-refractivity contribution in [2.75, 3.05) is 18.9 Å². The fourth-order valence-electron chi connectivity index (χ4n) is 2.33. The number of rotatable bonds is 11. The first-order valence-electron chi connectivity index (χ1n) is 9.85. The van der Waals surface area contributed by atoms with Crippen molar-refractivity contribution in [1.29, 1.82) is 0 Å². The van der Waals surface area contributed by atoms with Gasteiger partial charge >= 0.3 is 5.97 Å². The molecule has 0 aromatic heterocycles. The molecule has 1 aromatic carbocycles. The Morgan fingerprint density at radius 3 is 2.31 bits per heavy atom. The zero-order valence-corrected chi connectivity index (χ0v) is 18.3. The van der Waals surface area contributed by atoms with Gasteiger partial charge in [-0.1, -0.05) is 39.8 Å². The van der Waals surface area contributed by atoms with E-state index in [-0.39, 0.29) is 24.9 Å². The van der Waals surface area contributed by atoms with Gasteiger partial charge in [-0.05, 0) is 32.0 Å². The van der Waals surface area contributed by atoms with Crippen LogP contribution in [0, 0.1) is 0 Å². The standard InChI is InChI=1S/C17H23N3O5.2C2H6/c1-12(6-7-16(23)19-11-22)20(2)9-14-13(10-21)4-3-5-15(14)18-8-17(24)25;2*1-2/h3-5,10-12,18H,6-9H2,1-2H3,(H,24,25)(H,19,22,23);2*1-2H3. The molecule has 3 N–H and O–H groups in total. The van der Waals surface area contributed by atoms with E-state index < -0.39 is 5.97 Å². The summed E-state index contributed by atoms with van der Waals surface area (Å²) < 4.78 is 0. The smallest absolute Gasteiger partial charge is 0.322 e. The third-order valence-electron chi connectivity index (χ3n) is 3.94. The highest BCUT2D eigenvalue weighted by Crippen LogP contribution is 2.22. The number of nitrogens with zero attached hydrogens (tertiary/aromatic N) is 1. The van der Waals surface area contributed by atoms with E-state index in [0.29, 0.717) is 36.2 Å². The van der Waals surface area contributed by atoms with Crippen LogP contribution in [0.4, 0.5) is 5.69 Å².